The van der Waals surface area contributed by atoms with Gasteiger partial charge in [0, 0.05) is 16.7 Å². The van der Waals surface area contributed by atoms with E-state index in [4.69, 9.17) is 0 Å². The minimum absolute atomic E-state index is 0.0622. The molecule has 5 heteroatoms. The largest absolute Gasteiger partial charge is 0.508 e. The molecule has 0 amide bonds. The summed E-state index contributed by atoms with van der Waals surface area (Å²) in [5.41, 5.74) is 2.55. The number of benzene rings is 2. The van der Waals surface area contributed by atoms with E-state index in [1.807, 2.05) is 56.5 Å². The number of aliphatic hydroxyl groups is 1. The van der Waals surface area contributed by atoms with Gasteiger partial charge in [-0.25, -0.2) is 4.98 Å². The first-order valence-electron chi connectivity index (χ1n) is 8.58. The lowest BCUT2D eigenvalue weighted by Crippen LogP contribution is -2.41. The number of nitrogens with one attached hydrogen (secondary N) is 1. The summed E-state index contributed by atoms with van der Waals surface area (Å²) in [6.07, 6.45) is -0.799. The second-order valence-corrected chi connectivity index (χ2v) is 7.96. The van der Waals surface area contributed by atoms with Crippen LogP contribution in [0.2, 0.25) is 0 Å². The maximum atomic E-state index is 11.0. The second kappa shape index (κ2) is 7.48. The van der Waals surface area contributed by atoms with E-state index in [9.17, 15) is 10.2 Å². The van der Waals surface area contributed by atoms with Crippen molar-refractivity contribution in [2.75, 3.05) is 5.32 Å². The molecule has 136 valence electrons. The first-order chi connectivity index (χ1) is 12.4. The summed E-state index contributed by atoms with van der Waals surface area (Å²) in [5, 5.41) is 26.5. The average molecular weight is 369 g/mol. The van der Waals surface area contributed by atoms with Crippen LogP contribution >= 0.6 is 11.3 Å². The van der Waals surface area contributed by atoms with E-state index in [0.717, 1.165) is 16.8 Å². The molecule has 3 rings (SSSR count). The van der Waals surface area contributed by atoms with Gasteiger partial charge in [0.25, 0.3) is 0 Å². The van der Waals surface area contributed by atoms with Crippen LogP contribution in [-0.2, 0) is 0 Å². The third kappa shape index (κ3) is 3.89. The zero-order chi connectivity index (χ0) is 18.7. The Balaban J connectivity index is 1.97. The van der Waals surface area contributed by atoms with Crippen LogP contribution < -0.4 is 5.32 Å². The molecule has 0 fully saturated rings. The van der Waals surface area contributed by atoms with Gasteiger partial charge in [0.1, 0.15) is 12.0 Å². The number of aliphatic hydroxyl groups excluding tert-OH is 1. The molecule has 26 heavy (non-hydrogen) atoms. The molecule has 3 aromatic rings. The van der Waals surface area contributed by atoms with Gasteiger partial charge in [-0.2, -0.15) is 0 Å². The molecule has 3 N–H and O–H groups in total. The average Bonchev–Trinajstić information content (AvgIpc) is 3.02. The number of nitrogens with zero attached hydrogens (tertiary/aromatic N) is 1. The Hall–Kier alpha value is -2.37. The number of thiazole rings is 1. The van der Waals surface area contributed by atoms with E-state index >= 15 is 0 Å². The molecule has 0 aliphatic carbocycles. The number of phenols is 1. The van der Waals surface area contributed by atoms with Gasteiger partial charge >= 0.3 is 0 Å². The number of phenolic OH excluding ortho intramolecular Hbond substituents is 1. The van der Waals surface area contributed by atoms with Gasteiger partial charge in [-0.15, -0.1) is 11.3 Å². The molecule has 0 saturated heterocycles. The molecule has 0 spiro atoms. The first-order valence-corrected chi connectivity index (χ1v) is 9.46. The van der Waals surface area contributed by atoms with Gasteiger partial charge in [0.2, 0.25) is 0 Å². The predicted molar refractivity (Wildman–Crippen MR) is 107 cm³/mol. The number of aromatic nitrogens is 1. The van der Waals surface area contributed by atoms with Crippen molar-refractivity contribution in [2.45, 2.75) is 32.9 Å². The van der Waals surface area contributed by atoms with Gasteiger partial charge in [-0.05, 0) is 30.2 Å². The SMILES string of the molecule is Cc1csc(NC(O)C(C)(C)C(c2ccccc2)c2ccc(O)cc2)n1. The molecular formula is C21H24N2O2S. The van der Waals surface area contributed by atoms with Crippen molar-refractivity contribution in [1.29, 1.82) is 0 Å². The van der Waals surface area contributed by atoms with E-state index in [1.165, 1.54) is 11.3 Å². The van der Waals surface area contributed by atoms with E-state index in [2.05, 4.69) is 22.4 Å². The lowest BCUT2D eigenvalue weighted by atomic mass is 9.70. The third-order valence-corrected chi connectivity index (χ3v) is 5.58. The Labute approximate surface area is 158 Å². The molecule has 1 heterocycles. The van der Waals surface area contributed by atoms with E-state index in [1.54, 1.807) is 12.1 Å². The van der Waals surface area contributed by atoms with Crippen molar-refractivity contribution in [3.05, 3.63) is 76.8 Å². The summed E-state index contributed by atoms with van der Waals surface area (Å²) in [5.74, 6) is 0.170. The van der Waals surface area contributed by atoms with Gasteiger partial charge < -0.3 is 15.5 Å². The molecule has 2 atom stereocenters. The molecule has 0 aliphatic rings. The van der Waals surface area contributed by atoms with Crippen LogP contribution in [0.1, 0.15) is 36.6 Å². The molecule has 0 radical (unpaired) electrons. The van der Waals surface area contributed by atoms with Crippen LogP contribution in [0.15, 0.2) is 60.0 Å². The van der Waals surface area contributed by atoms with Crippen LogP contribution in [0.4, 0.5) is 5.13 Å². The molecular weight excluding hydrogens is 344 g/mol. The molecule has 0 aliphatic heterocycles. The van der Waals surface area contributed by atoms with Crippen molar-refractivity contribution < 1.29 is 10.2 Å². The van der Waals surface area contributed by atoms with Gasteiger partial charge in [0.15, 0.2) is 5.13 Å². The first kappa shape index (κ1) is 18.4. The van der Waals surface area contributed by atoms with Crippen molar-refractivity contribution in [1.82, 2.24) is 4.98 Å². The zero-order valence-corrected chi connectivity index (χ0v) is 16.0. The minimum Gasteiger partial charge on any atom is -0.508 e. The van der Waals surface area contributed by atoms with Crippen molar-refractivity contribution in [2.24, 2.45) is 5.41 Å². The lowest BCUT2D eigenvalue weighted by Gasteiger charge is -2.39. The summed E-state index contributed by atoms with van der Waals surface area (Å²) in [4.78, 5) is 4.39. The quantitative estimate of drug-likeness (QED) is 0.550. The zero-order valence-electron chi connectivity index (χ0n) is 15.2. The normalized spacial score (nSPS) is 14.0. The fourth-order valence-corrected chi connectivity index (χ4v) is 3.96. The topological polar surface area (TPSA) is 65.4 Å². The maximum absolute atomic E-state index is 11.0. The lowest BCUT2D eigenvalue weighted by molar-refractivity contribution is 0.0613. The summed E-state index contributed by atoms with van der Waals surface area (Å²) in [7, 11) is 0. The fraction of sp³-hybridized carbons (Fsp3) is 0.286. The molecule has 1 aromatic heterocycles. The number of aryl methyl sites for hydroxylation is 1. The van der Waals surface area contributed by atoms with Crippen LogP contribution in [0.5, 0.6) is 5.75 Å². The van der Waals surface area contributed by atoms with Gasteiger partial charge in [-0.1, -0.05) is 56.3 Å². The molecule has 2 aromatic carbocycles. The van der Waals surface area contributed by atoms with E-state index in [0.29, 0.717) is 5.13 Å². The third-order valence-electron chi connectivity index (χ3n) is 4.69. The Morgan fingerprint density at radius 3 is 2.19 bits per heavy atom. The number of anilines is 1. The minimum atomic E-state index is -0.799. The van der Waals surface area contributed by atoms with Crippen molar-refractivity contribution in [3.8, 4) is 5.75 Å². The van der Waals surface area contributed by atoms with E-state index < -0.39 is 11.6 Å². The number of rotatable bonds is 6. The molecule has 4 nitrogen and oxygen atoms in total. The molecule has 2 unspecified atom stereocenters. The highest BCUT2D eigenvalue weighted by Crippen LogP contribution is 2.43. The standard InChI is InChI=1S/C21H24N2O2S/c1-14-13-26-20(22-14)23-19(25)21(2,3)18(15-7-5-4-6-8-15)16-9-11-17(24)12-10-16/h4-13,18-19,24-25H,1-3H3,(H,22,23). The second-order valence-electron chi connectivity index (χ2n) is 7.10. The Kier molecular flexibility index (Phi) is 5.30. The summed E-state index contributed by atoms with van der Waals surface area (Å²) in [6, 6.07) is 17.3. The Bertz CT molecular complexity index is 844. The highest BCUT2D eigenvalue weighted by atomic mass is 32.1. The predicted octanol–water partition coefficient (Wildman–Crippen LogP) is 4.75. The highest BCUT2D eigenvalue weighted by Gasteiger charge is 2.39. The van der Waals surface area contributed by atoms with E-state index in [-0.39, 0.29) is 11.7 Å². The van der Waals surface area contributed by atoms with Crippen LogP contribution in [-0.4, -0.2) is 21.4 Å². The van der Waals surface area contributed by atoms with Gasteiger partial charge in [0.05, 0.1) is 5.69 Å². The summed E-state index contributed by atoms with van der Waals surface area (Å²) < 4.78 is 0. The number of hydrogen-bond donors (Lipinski definition) is 3. The number of aromatic hydroxyl groups is 1. The fourth-order valence-electron chi connectivity index (χ4n) is 3.24. The van der Waals surface area contributed by atoms with Crippen molar-refractivity contribution >= 4 is 16.5 Å². The van der Waals surface area contributed by atoms with Crippen LogP contribution in [0.25, 0.3) is 0 Å². The monoisotopic (exact) mass is 368 g/mol. The molecule has 0 saturated carbocycles. The van der Waals surface area contributed by atoms with Crippen molar-refractivity contribution in [3.63, 3.8) is 0 Å². The molecule has 0 bridgehead atoms. The summed E-state index contributed by atoms with van der Waals surface area (Å²) in [6.45, 7) is 6.01. The highest BCUT2D eigenvalue weighted by molar-refractivity contribution is 7.13. The maximum Gasteiger partial charge on any atom is 0.184 e. The van der Waals surface area contributed by atoms with Crippen LogP contribution in [0, 0.1) is 12.3 Å². The Morgan fingerprint density at radius 1 is 1.00 bits per heavy atom. The van der Waals surface area contributed by atoms with Gasteiger partial charge in [-0.3, -0.25) is 0 Å². The Morgan fingerprint density at radius 2 is 1.62 bits per heavy atom. The summed E-state index contributed by atoms with van der Waals surface area (Å²) >= 11 is 1.48. The number of hydrogen-bond acceptors (Lipinski definition) is 5. The van der Waals surface area contributed by atoms with Crippen LogP contribution in [0.3, 0.4) is 0 Å². The smallest absolute Gasteiger partial charge is 0.184 e.